The standard InChI is InChI=1S/C16H10Cl2OS/c17-12-6-5-9(7-13(12)18)11-8-16(11)15(19)10-3-1-2-4-14(10)20-16/h1-7,11H,8H2/t11-,16-/m1/s1. The predicted molar refractivity (Wildman–Crippen MR) is 83.2 cm³/mol. The molecular weight excluding hydrogens is 311 g/mol. The molecule has 1 heterocycles. The Labute approximate surface area is 131 Å². The Hall–Kier alpha value is -0.960. The molecule has 1 aliphatic heterocycles. The molecule has 4 rings (SSSR count). The second-order valence-corrected chi connectivity index (χ2v) is 7.43. The van der Waals surface area contributed by atoms with E-state index in [0.717, 1.165) is 22.4 Å². The van der Waals surface area contributed by atoms with Crippen LogP contribution in [0.15, 0.2) is 47.4 Å². The van der Waals surface area contributed by atoms with E-state index in [1.165, 1.54) is 0 Å². The van der Waals surface area contributed by atoms with Crippen molar-refractivity contribution in [3.05, 3.63) is 63.6 Å². The fourth-order valence-electron chi connectivity index (χ4n) is 2.94. The lowest BCUT2D eigenvalue weighted by molar-refractivity contribution is 0.0981. The van der Waals surface area contributed by atoms with Crippen LogP contribution in [-0.2, 0) is 0 Å². The van der Waals surface area contributed by atoms with E-state index >= 15 is 0 Å². The Morgan fingerprint density at radius 2 is 1.90 bits per heavy atom. The molecule has 0 radical (unpaired) electrons. The Balaban J connectivity index is 1.70. The molecule has 0 N–H and O–H groups in total. The molecule has 100 valence electrons. The number of thioether (sulfide) groups is 1. The van der Waals surface area contributed by atoms with Gasteiger partial charge in [-0.05, 0) is 30.2 Å². The van der Waals surface area contributed by atoms with Crippen LogP contribution in [0.3, 0.4) is 0 Å². The highest BCUT2D eigenvalue weighted by molar-refractivity contribution is 8.02. The molecule has 20 heavy (non-hydrogen) atoms. The maximum absolute atomic E-state index is 12.6. The van der Waals surface area contributed by atoms with Gasteiger partial charge >= 0.3 is 0 Å². The first-order valence-electron chi connectivity index (χ1n) is 6.39. The van der Waals surface area contributed by atoms with Gasteiger partial charge in [0.05, 0.1) is 14.8 Å². The molecule has 1 aliphatic carbocycles. The summed E-state index contributed by atoms with van der Waals surface area (Å²) >= 11 is 13.7. The first kappa shape index (κ1) is 12.8. The Morgan fingerprint density at radius 1 is 1.10 bits per heavy atom. The summed E-state index contributed by atoms with van der Waals surface area (Å²) in [5.41, 5.74) is 1.97. The molecule has 2 atom stereocenters. The SMILES string of the molecule is O=C1c2ccccc2S[C@@]12C[C@@H]2c1ccc(Cl)c(Cl)c1. The van der Waals surface area contributed by atoms with Crippen molar-refractivity contribution >= 4 is 40.7 Å². The van der Waals surface area contributed by atoms with Crippen molar-refractivity contribution in [1.29, 1.82) is 0 Å². The number of benzene rings is 2. The molecule has 0 unspecified atom stereocenters. The summed E-state index contributed by atoms with van der Waals surface area (Å²) < 4.78 is -0.305. The van der Waals surface area contributed by atoms with Crippen LogP contribution >= 0.6 is 35.0 Å². The molecule has 2 aliphatic rings. The first-order chi connectivity index (χ1) is 9.62. The van der Waals surface area contributed by atoms with Gasteiger partial charge in [-0.3, -0.25) is 4.79 Å². The summed E-state index contributed by atoms with van der Waals surface area (Å²) in [5.74, 6) is 0.497. The second-order valence-electron chi connectivity index (χ2n) is 5.25. The summed E-state index contributed by atoms with van der Waals surface area (Å²) in [6, 6.07) is 13.5. The monoisotopic (exact) mass is 320 g/mol. The highest BCUT2D eigenvalue weighted by atomic mass is 35.5. The molecule has 1 nitrogen and oxygen atoms in total. The van der Waals surface area contributed by atoms with Crippen molar-refractivity contribution in [2.75, 3.05) is 0 Å². The molecule has 0 bridgehead atoms. The van der Waals surface area contributed by atoms with Crippen LogP contribution in [0.2, 0.25) is 10.0 Å². The first-order valence-corrected chi connectivity index (χ1v) is 7.97. The molecule has 0 saturated heterocycles. The number of rotatable bonds is 1. The zero-order valence-corrected chi connectivity index (χ0v) is 12.7. The third-order valence-corrected chi connectivity index (χ3v) is 6.38. The van der Waals surface area contributed by atoms with Crippen LogP contribution in [0, 0.1) is 0 Å². The summed E-state index contributed by atoms with van der Waals surface area (Å²) in [6.07, 6.45) is 0.878. The lowest BCUT2D eigenvalue weighted by Crippen LogP contribution is -2.15. The van der Waals surface area contributed by atoms with Crippen LogP contribution in [0.4, 0.5) is 0 Å². The van der Waals surface area contributed by atoms with Crippen LogP contribution < -0.4 is 0 Å². The van der Waals surface area contributed by atoms with Crippen molar-refractivity contribution in [3.63, 3.8) is 0 Å². The van der Waals surface area contributed by atoms with Crippen LogP contribution in [-0.4, -0.2) is 10.5 Å². The van der Waals surface area contributed by atoms with E-state index in [9.17, 15) is 4.79 Å². The number of carbonyl (C=O) groups excluding carboxylic acids is 1. The molecule has 2 aromatic carbocycles. The van der Waals surface area contributed by atoms with Crippen molar-refractivity contribution in [2.45, 2.75) is 22.0 Å². The number of carbonyl (C=O) groups is 1. The van der Waals surface area contributed by atoms with E-state index in [1.807, 2.05) is 42.5 Å². The van der Waals surface area contributed by atoms with Crippen molar-refractivity contribution in [1.82, 2.24) is 0 Å². The molecule has 1 spiro atoms. The maximum atomic E-state index is 12.6. The van der Waals surface area contributed by atoms with Gasteiger partial charge in [-0.1, -0.05) is 47.5 Å². The van der Waals surface area contributed by atoms with E-state index in [4.69, 9.17) is 23.2 Å². The van der Waals surface area contributed by atoms with Crippen molar-refractivity contribution in [3.8, 4) is 0 Å². The number of Topliss-reactive ketones (excluding diaryl/α,β-unsaturated/α-hetero) is 1. The minimum absolute atomic E-state index is 0.238. The minimum atomic E-state index is -0.305. The zero-order valence-electron chi connectivity index (χ0n) is 10.4. The lowest BCUT2D eigenvalue weighted by atomic mass is 10.0. The van der Waals surface area contributed by atoms with E-state index in [1.54, 1.807) is 11.8 Å². The molecule has 0 aromatic heterocycles. The fourth-order valence-corrected chi connectivity index (χ4v) is 4.79. The second kappa shape index (κ2) is 4.27. The Morgan fingerprint density at radius 3 is 2.65 bits per heavy atom. The molecule has 0 amide bonds. The average molecular weight is 321 g/mol. The quantitative estimate of drug-likeness (QED) is 0.717. The smallest absolute Gasteiger partial charge is 0.181 e. The van der Waals surface area contributed by atoms with E-state index < -0.39 is 0 Å². The van der Waals surface area contributed by atoms with E-state index in [2.05, 4.69) is 0 Å². The summed E-state index contributed by atoms with van der Waals surface area (Å²) in [7, 11) is 0. The highest BCUT2D eigenvalue weighted by Crippen LogP contribution is 2.67. The fraction of sp³-hybridized carbons (Fsp3) is 0.188. The Bertz CT molecular complexity index is 743. The van der Waals surface area contributed by atoms with Gasteiger partial charge in [-0.25, -0.2) is 0 Å². The molecule has 1 fully saturated rings. The zero-order chi connectivity index (χ0) is 13.9. The number of fused-ring (bicyclic) bond motifs is 1. The van der Waals surface area contributed by atoms with Gasteiger partial charge in [-0.15, -0.1) is 11.8 Å². The normalized spacial score (nSPS) is 26.9. The maximum Gasteiger partial charge on any atom is 0.181 e. The van der Waals surface area contributed by atoms with Gasteiger partial charge in [0.15, 0.2) is 5.78 Å². The molecule has 1 saturated carbocycles. The van der Waals surface area contributed by atoms with Gasteiger partial charge in [0.1, 0.15) is 0 Å². The predicted octanol–water partition coefficient (Wildman–Crippen LogP) is 5.21. The molecule has 4 heteroatoms. The van der Waals surface area contributed by atoms with Gasteiger partial charge in [-0.2, -0.15) is 0 Å². The van der Waals surface area contributed by atoms with Gasteiger partial charge in [0, 0.05) is 16.4 Å². The van der Waals surface area contributed by atoms with Gasteiger partial charge < -0.3 is 0 Å². The molecular formula is C16H10Cl2OS. The minimum Gasteiger partial charge on any atom is -0.293 e. The van der Waals surface area contributed by atoms with Gasteiger partial charge in [0.2, 0.25) is 0 Å². The Kier molecular flexibility index (Phi) is 2.72. The van der Waals surface area contributed by atoms with Crippen LogP contribution in [0.1, 0.15) is 28.3 Å². The van der Waals surface area contributed by atoms with Crippen LogP contribution in [0.25, 0.3) is 0 Å². The highest BCUT2D eigenvalue weighted by Gasteiger charge is 2.64. The third kappa shape index (κ3) is 1.68. The van der Waals surface area contributed by atoms with E-state index in [-0.39, 0.29) is 16.4 Å². The largest absolute Gasteiger partial charge is 0.293 e. The third-order valence-electron chi connectivity index (χ3n) is 4.06. The van der Waals surface area contributed by atoms with E-state index in [0.29, 0.717) is 10.0 Å². The summed E-state index contributed by atoms with van der Waals surface area (Å²) in [6.45, 7) is 0. The van der Waals surface area contributed by atoms with Crippen LogP contribution in [0.5, 0.6) is 0 Å². The summed E-state index contributed by atoms with van der Waals surface area (Å²) in [4.78, 5) is 13.7. The number of hydrogen-bond acceptors (Lipinski definition) is 2. The number of hydrogen-bond donors (Lipinski definition) is 0. The van der Waals surface area contributed by atoms with Crippen molar-refractivity contribution in [2.24, 2.45) is 0 Å². The number of halogens is 2. The average Bonchev–Trinajstić information content (AvgIpc) is 3.09. The van der Waals surface area contributed by atoms with Crippen molar-refractivity contribution < 1.29 is 4.79 Å². The molecule has 2 aromatic rings. The topological polar surface area (TPSA) is 17.1 Å². The number of ketones is 1. The summed E-state index contributed by atoms with van der Waals surface area (Å²) in [5, 5.41) is 1.11. The van der Waals surface area contributed by atoms with Gasteiger partial charge in [0.25, 0.3) is 0 Å². The lowest BCUT2D eigenvalue weighted by Gasteiger charge is -2.07.